The van der Waals surface area contributed by atoms with Gasteiger partial charge in [-0.3, -0.25) is 0 Å². The van der Waals surface area contributed by atoms with E-state index in [9.17, 15) is 0 Å². The fourth-order valence-corrected chi connectivity index (χ4v) is 9.21. The maximum atomic E-state index is 6.74. The van der Waals surface area contributed by atoms with Crippen molar-refractivity contribution >= 4 is 8.32 Å². The van der Waals surface area contributed by atoms with E-state index in [4.69, 9.17) is 4.43 Å². The summed E-state index contributed by atoms with van der Waals surface area (Å²) in [5.41, 5.74) is 2.10. The summed E-state index contributed by atoms with van der Waals surface area (Å²) in [6.07, 6.45) is 2.97. The Kier molecular flexibility index (Phi) is 5.67. The van der Waals surface area contributed by atoms with Crippen LogP contribution in [0.5, 0.6) is 0 Å². The predicted octanol–water partition coefficient (Wildman–Crippen LogP) is 3.93. The van der Waals surface area contributed by atoms with Gasteiger partial charge in [0.15, 0.2) is 0 Å². The lowest BCUT2D eigenvalue weighted by Crippen LogP contribution is -2.52. The van der Waals surface area contributed by atoms with Gasteiger partial charge in [-0.1, -0.05) is 41.5 Å². The minimum absolute atomic E-state index is 0.461. The second-order valence-corrected chi connectivity index (χ2v) is 11.8. The zero-order valence-electron chi connectivity index (χ0n) is 12.5. The Balaban J connectivity index is 2.81. The monoisotopic (exact) mass is 257 g/mol. The molecule has 1 unspecified atom stereocenters. The molecule has 1 rings (SSSR count). The molecular weight excluding hydrogens is 226 g/mol. The molecule has 0 saturated carbocycles. The van der Waals surface area contributed by atoms with Crippen molar-refractivity contribution < 1.29 is 4.43 Å². The van der Waals surface area contributed by atoms with Crippen molar-refractivity contribution in [2.75, 3.05) is 13.1 Å². The molecular formula is C14H31NOSi. The largest absolute Gasteiger partial charge is 0.412 e. The van der Waals surface area contributed by atoms with Crippen LogP contribution < -0.4 is 5.32 Å². The molecule has 1 N–H and O–H groups in total. The van der Waals surface area contributed by atoms with Crippen LogP contribution in [0.2, 0.25) is 16.6 Å². The first-order valence-electron chi connectivity index (χ1n) is 7.29. The van der Waals surface area contributed by atoms with Crippen LogP contribution in [0.15, 0.2) is 0 Å². The molecule has 0 amide bonds. The molecule has 0 bridgehead atoms. The average molecular weight is 257 g/mol. The topological polar surface area (TPSA) is 21.3 Å². The van der Waals surface area contributed by atoms with E-state index >= 15 is 0 Å². The molecule has 1 fully saturated rings. The quantitative estimate of drug-likeness (QED) is 0.754. The molecule has 1 aliphatic heterocycles. The molecule has 0 aliphatic carbocycles. The molecule has 0 spiro atoms. The summed E-state index contributed by atoms with van der Waals surface area (Å²) >= 11 is 0. The van der Waals surface area contributed by atoms with Crippen molar-refractivity contribution in [3.63, 3.8) is 0 Å². The number of hydrogen-bond acceptors (Lipinski definition) is 2. The van der Waals surface area contributed by atoms with Gasteiger partial charge in [-0.05, 0) is 36.0 Å². The summed E-state index contributed by atoms with van der Waals surface area (Å²) in [7, 11) is -1.65. The van der Waals surface area contributed by atoms with Crippen molar-refractivity contribution in [1.82, 2.24) is 5.32 Å². The molecule has 0 aromatic carbocycles. The van der Waals surface area contributed by atoms with Gasteiger partial charge in [-0.2, -0.15) is 0 Å². The first-order chi connectivity index (χ1) is 7.91. The molecule has 2 nitrogen and oxygen atoms in total. The Bertz CT molecular complexity index is 200. The second-order valence-electron chi connectivity index (χ2n) is 6.40. The van der Waals surface area contributed by atoms with E-state index < -0.39 is 8.32 Å². The van der Waals surface area contributed by atoms with Crippen LogP contribution >= 0.6 is 0 Å². The molecule has 1 heterocycles. The Morgan fingerprint density at radius 3 is 1.88 bits per heavy atom. The van der Waals surface area contributed by atoms with E-state index in [1.807, 2.05) is 0 Å². The number of nitrogens with one attached hydrogen (secondary N) is 1. The van der Waals surface area contributed by atoms with Gasteiger partial charge < -0.3 is 9.74 Å². The minimum Gasteiger partial charge on any atom is -0.412 e. The van der Waals surface area contributed by atoms with Crippen molar-refractivity contribution in [3.05, 3.63) is 0 Å². The van der Waals surface area contributed by atoms with Crippen molar-refractivity contribution in [2.24, 2.45) is 0 Å². The smallest absolute Gasteiger partial charge is 0.200 e. The zero-order chi connectivity index (χ0) is 13.1. The van der Waals surface area contributed by atoms with Gasteiger partial charge in [-0.25, -0.2) is 0 Å². The van der Waals surface area contributed by atoms with E-state index in [1.165, 1.54) is 19.4 Å². The summed E-state index contributed by atoms with van der Waals surface area (Å²) in [6, 6.07) is 0. The van der Waals surface area contributed by atoms with Crippen LogP contribution in [-0.2, 0) is 4.43 Å². The van der Waals surface area contributed by atoms with Gasteiger partial charge in [0.1, 0.15) is 0 Å². The first kappa shape index (κ1) is 15.2. The van der Waals surface area contributed by atoms with Crippen molar-refractivity contribution in [3.8, 4) is 0 Å². The summed E-state index contributed by atoms with van der Waals surface area (Å²) in [4.78, 5) is 0. The third kappa shape index (κ3) is 3.33. The van der Waals surface area contributed by atoms with Crippen LogP contribution in [0.4, 0.5) is 0 Å². The molecule has 102 valence electrons. The number of piperidine rings is 1. The van der Waals surface area contributed by atoms with Crippen LogP contribution in [0, 0.1) is 0 Å². The van der Waals surface area contributed by atoms with Gasteiger partial charge in [-0.15, -0.1) is 0 Å². The van der Waals surface area contributed by atoms with Gasteiger partial charge in [0.05, 0.1) is 6.10 Å². The maximum Gasteiger partial charge on any atom is 0.200 e. The van der Waals surface area contributed by atoms with Crippen LogP contribution in [0.1, 0.15) is 54.4 Å². The summed E-state index contributed by atoms with van der Waals surface area (Å²) in [6.45, 7) is 16.4. The van der Waals surface area contributed by atoms with Crippen molar-refractivity contribution in [1.29, 1.82) is 0 Å². The number of hydrogen-bond donors (Lipinski definition) is 1. The van der Waals surface area contributed by atoms with E-state index in [2.05, 4.69) is 46.9 Å². The summed E-state index contributed by atoms with van der Waals surface area (Å²) in [5, 5.41) is 3.47. The molecule has 1 saturated heterocycles. The fraction of sp³-hybridized carbons (Fsp3) is 1.00. The Morgan fingerprint density at radius 2 is 1.53 bits per heavy atom. The summed E-state index contributed by atoms with van der Waals surface area (Å²) in [5.74, 6) is 0. The fourth-order valence-electron chi connectivity index (χ4n) is 3.62. The SMILES string of the molecule is CC(C)[Si](OC1CCCNC1)(C(C)C)C(C)C. The third-order valence-corrected chi connectivity index (χ3v) is 10.5. The standard InChI is InChI=1S/C14H31NOSi/c1-11(2)17(12(3)4,13(5)6)16-14-8-7-9-15-10-14/h11-15H,7-10H2,1-6H3. The highest BCUT2D eigenvalue weighted by Gasteiger charge is 2.46. The predicted molar refractivity (Wildman–Crippen MR) is 78.0 cm³/mol. The lowest BCUT2D eigenvalue weighted by Gasteiger charge is -2.45. The van der Waals surface area contributed by atoms with E-state index in [1.54, 1.807) is 0 Å². The van der Waals surface area contributed by atoms with Gasteiger partial charge in [0.25, 0.3) is 0 Å². The molecule has 3 heteroatoms. The Morgan fingerprint density at radius 1 is 1.00 bits per heavy atom. The molecule has 1 atom stereocenters. The van der Waals surface area contributed by atoms with Crippen LogP contribution in [0.25, 0.3) is 0 Å². The average Bonchev–Trinajstić information content (AvgIpc) is 2.25. The van der Waals surface area contributed by atoms with Gasteiger partial charge in [0.2, 0.25) is 8.32 Å². The molecule has 17 heavy (non-hydrogen) atoms. The zero-order valence-corrected chi connectivity index (χ0v) is 13.5. The van der Waals surface area contributed by atoms with E-state index in [0.717, 1.165) is 6.54 Å². The van der Waals surface area contributed by atoms with Crippen LogP contribution in [-0.4, -0.2) is 27.5 Å². The Hall–Kier alpha value is 0.137. The van der Waals surface area contributed by atoms with Gasteiger partial charge in [0, 0.05) is 6.54 Å². The normalized spacial score (nSPS) is 22.8. The Labute approximate surface area is 109 Å². The molecule has 0 radical (unpaired) electrons. The molecule has 0 aromatic heterocycles. The van der Waals surface area contributed by atoms with Crippen LogP contribution in [0.3, 0.4) is 0 Å². The lowest BCUT2D eigenvalue weighted by atomic mass is 10.1. The highest BCUT2D eigenvalue weighted by Crippen LogP contribution is 2.43. The minimum atomic E-state index is -1.65. The molecule has 0 aromatic rings. The molecule has 1 aliphatic rings. The highest BCUT2D eigenvalue weighted by atomic mass is 28.4. The second kappa shape index (κ2) is 6.35. The van der Waals surface area contributed by atoms with Gasteiger partial charge >= 0.3 is 0 Å². The third-order valence-electron chi connectivity index (χ3n) is 4.33. The highest BCUT2D eigenvalue weighted by molar-refractivity contribution is 6.77. The number of rotatable bonds is 5. The summed E-state index contributed by atoms with van der Waals surface area (Å²) < 4.78 is 6.74. The lowest BCUT2D eigenvalue weighted by molar-refractivity contribution is 0.143. The first-order valence-corrected chi connectivity index (χ1v) is 9.43. The van der Waals surface area contributed by atoms with E-state index in [0.29, 0.717) is 22.7 Å². The van der Waals surface area contributed by atoms with E-state index in [-0.39, 0.29) is 0 Å². The van der Waals surface area contributed by atoms with Crippen molar-refractivity contribution in [2.45, 2.75) is 77.1 Å². The maximum absolute atomic E-state index is 6.74.